The molecule has 0 heterocycles. The number of benzene rings is 1. The van der Waals surface area contributed by atoms with Gasteiger partial charge in [0, 0.05) is 17.6 Å². The minimum absolute atomic E-state index is 0.0785. The molecule has 0 atom stereocenters. The number of hydrogen-bond acceptors (Lipinski definition) is 4. The van der Waals surface area contributed by atoms with Gasteiger partial charge in [0.1, 0.15) is 12.4 Å². The minimum Gasteiger partial charge on any atom is -0.490 e. The smallest absolute Gasteiger partial charge is 0.246 e. The van der Waals surface area contributed by atoms with Gasteiger partial charge in [0.15, 0.2) is 5.78 Å². The molecule has 1 amide bonds. The van der Waals surface area contributed by atoms with Gasteiger partial charge < -0.3 is 15.8 Å². The molecule has 0 aliphatic heterocycles. The Bertz CT molecular complexity index is 593. The molecular formula is C16H20N2O3. The second-order valence-electron chi connectivity index (χ2n) is 5.17. The fraction of sp³-hybridized carbons (Fsp3) is 0.375. The molecule has 5 heteroatoms. The van der Waals surface area contributed by atoms with Gasteiger partial charge in [0.25, 0.3) is 0 Å². The highest BCUT2D eigenvalue weighted by Crippen LogP contribution is 2.33. The molecule has 1 aromatic carbocycles. The van der Waals surface area contributed by atoms with E-state index in [1.165, 1.54) is 0 Å². The van der Waals surface area contributed by atoms with E-state index < -0.39 is 0 Å². The molecule has 2 rings (SSSR count). The number of nitrogen functional groups attached to an aromatic ring is 1. The molecule has 3 N–H and O–H groups in total. The maximum Gasteiger partial charge on any atom is 0.246 e. The number of fused-ring (bicyclic) bond motifs is 1. The molecular weight excluding hydrogens is 268 g/mol. The summed E-state index contributed by atoms with van der Waals surface area (Å²) in [7, 11) is 0. The van der Waals surface area contributed by atoms with E-state index in [9.17, 15) is 9.59 Å². The number of amides is 1. The van der Waals surface area contributed by atoms with Crippen molar-refractivity contribution >= 4 is 17.4 Å². The highest BCUT2D eigenvalue weighted by Gasteiger charge is 2.22. The molecule has 0 saturated carbocycles. The first-order chi connectivity index (χ1) is 10.0. The Kier molecular flexibility index (Phi) is 4.62. The Morgan fingerprint density at radius 3 is 2.90 bits per heavy atom. The normalized spacial score (nSPS) is 13.5. The van der Waals surface area contributed by atoms with Crippen molar-refractivity contribution in [1.29, 1.82) is 0 Å². The summed E-state index contributed by atoms with van der Waals surface area (Å²) in [4.78, 5) is 23.3. The zero-order chi connectivity index (χ0) is 15.4. The number of ether oxygens (including phenoxy) is 1. The van der Waals surface area contributed by atoms with E-state index in [2.05, 4.69) is 11.9 Å². The Labute approximate surface area is 124 Å². The number of carbonyl (C=O) groups is 2. The number of Topliss-reactive ketones (excluding diaryl/α,β-unsaturated/α-hetero) is 1. The predicted molar refractivity (Wildman–Crippen MR) is 81.4 cm³/mol. The fourth-order valence-electron chi connectivity index (χ4n) is 2.35. The molecule has 0 radical (unpaired) electrons. The number of rotatable bonds is 5. The summed E-state index contributed by atoms with van der Waals surface area (Å²) >= 11 is 0. The van der Waals surface area contributed by atoms with Crippen molar-refractivity contribution in [2.24, 2.45) is 0 Å². The van der Waals surface area contributed by atoms with Crippen molar-refractivity contribution in [3.63, 3.8) is 0 Å². The van der Waals surface area contributed by atoms with Crippen LogP contribution in [0.25, 0.3) is 0 Å². The largest absolute Gasteiger partial charge is 0.490 e. The summed E-state index contributed by atoms with van der Waals surface area (Å²) in [5, 5.41) is 2.67. The van der Waals surface area contributed by atoms with E-state index in [4.69, 9.17) is 10.5 Å². The van der Waals surface area contributed by atoms with Crippen molar-refractivity contribution in [1.82, 2.24) is 5.32 Å². The Morgan fingerprint density at radius 2 is 2.19 bits per heavy atom. The number of ketones is 1. The van der Waals surface area contributed by atoms with E-state index in [1.807, 2.05) is 6.07 Å². The topological polar surface area (TPSA) is 81.4 Å². The number of carbonyl (C=O) groups excluding carboxylic acids is 2. The summed E-state index contributed by atoms with van der Waals surface area (Å²) in [5.41, 5.74) is 8.49. The quantitative estimate of drug-likeness (QED) is 0.492. The van der Waals surface area contributed by atoms with E-state index >= 15 is 0 Å². The van der Waals surface area contributed by atoms with Gasteiger partial charge in [-0.25, -0.2) is 0 Å². The fourth-order valence-corrected chi connectivity index (χ4v) is 2.35. The van der Waals surface area contributed by atoms with Crippen LogP contribution >= 0.6 is 0 Å². The molecule has 1 aliphatic carbocycles. The minimum atomic E-state index is -0.202. The van der Waals surface area contributed by atoms with Crippen LogP contribution in [0.4, 0.5) is 5.69 Å². The Balaban J connectivity index is 1.99. The number of hydrogen-bond donors (Lipinski definition) is 2. The van der Waals surface area contributed by atoms with E-state index in [0.717, 1.165) is 18.4 Å². The number of anilines is 1. The van der Waals surface area contributed by atoms with Gasteiger partial charge in [-0.3, -0.25) is 9.59 Å². The third kappa shape index (κ3) is 3.42. The Hall–Kier alpha value is -2.30. The highest BCUT2D eigenvalue weighted by atomic mass is 16.5. The van der Waals surface area contributed by atoms with E-state index in [-0.39, 0.29) is 18.3 Å². The van der Waals surface area contributed by atoms with Gasteiger partial charge in [-0.05, 0) is 31.4 Å². The molecule has 21 heavy (non-hydrogen) atoms. The predicted octanol–water partition coefficient (Wildman–Crippen LogP) is 1.86. The third-order valence-corrected chi connectivity index (χ3v) is 3.45. The van der Waals surface area contributed by atoms with Crippen LogP contribution in [-0.4, -0.2) is 24.8 Å². The molecule has 5 nitrogen and oxygen atoms in total. The first-order valence-corrected chi connectivity index (χ1v) is 7.01. The van der Waals surface area contributed by atoms with E-state index in [0.29, 0.717) is 35.5 Å². The van der Waals surface area contributed by atoms with Crippen LogP contribution in [-0.2, 0) is 11.2 Å². The molecule has 0 fully saturated rings. The number of nitrogens with two attached hydrogens (primary N) is 1. The van der Waals surface area contributed by atoms with Gasteiger partial charge in [0.2, 0.25) is 5.91 Å². The lowest BCUT2D eigenvalue weighted by Crippen LogP contribution is -2.28. The van der Waals surface area contributed by atoms with Crippen molar-refractivity contribution in [3.8, 4) is 5.75 Å². The first kappa shape index (κ1) is 15.1. The van der Waals surface area contributed by atoms with Crippen molar-refractivity contribution in [3.05, 3.63) is 35.4 Å². The number of aryl methyl sites for hydroxylation is 1. The molecule has 0 saturated heterocycles. The Morgan fingerprint density at radius 1 is 1.43 bits per heavy atom. The summed E-state index contributed by atoms with van der Waals surface area (Å²) in [6, 6.07) is 3.68. The third-order valence-electron chi connectivity index (χ3n) is 3.45. The molecule has 1 aromatic rings. The molecule has 1 aliphatic rings. The van der Waals surface area contributed by atoms with Gasteiger partial charge >= 0.3 is 0 Å². The van der Waals surface area contributed by atoms with Crippen LogP contribution in [0.1, 0.15) is 35.7 Å². The zero-order valence-corrected chi connectivity index (χ0v) is 12.2. The lowest BCUT2D eigenvalue weighted by molar-refractivity contribution is -0.117. The SMILES string of the molecule is C=C(C)C(=O)NCCOc1ccc2c(c1N)C(=O)CCC2. The second kappa shape index (κ2) is 6.43. The van der Waals surface area contributed by atoms with Crippen molar-refractivity contribution in [2.45, 2.75) is 26.2 Å². The van der Waals surface area contributed by atoms with Gasteiger partial charge in [-0.15, -0.1) is 0 Å². The average molecular weight is 288 g/mol. The summed E-state index contributed by atoms with van der Waals surface area (Å²) < 4.78 is 5.56. The molecule has 0 bridgehead atoms. The van der Waals surface area contributed by atoms with Gasteiger partial charge in [-0.2, -0.15) is 0 Å². The van der Waals surface area contributed by atoms with Crippen LogP contribution in [0.3, 0.4) is 0 Å². The van der Waals surface area contributed by atoms with Gasteiger partial charge in [0.05, 0.1) is 12.2 Å². The molecule has 112 valence electrons. The van der Waals surface area contributed by atoms with Crippen molar-refractivity contribution in [2.75, 3.05) is 18.9 Å². The van der Waals surface area contributed by atoms with Crippen LogP contribution in [0, 0.1) is 0 Å². The highest BCUT2D eigenvalue weighted by molar-refractivity contribution is 6.04. The summed E-state index contributed by atoms with van der Waals surface area (Å²) in [5.74, 6) is 0.371. The van der Waals surface area contributed by atoms with Gasteiger partial charge in [-0.1, -0.05) is 12.6 Å². The van der Waals surface area contributed by atoms with Crippen LogP contribution in [0.2, 0.25) is 0 Å². The average Bonchev–Trinajstić information content (AvgIpc) is 2.45. The lowest BCUT2D eigenvalue weighted by atomic mass is 9.89. The standard InChI is InChI=1S/C16H20N2O3/c1-10(2)16(20)18-8-9-21-13-7-6-11-4-3-5-12(19)14(11)15(13)17/h6-7H,1,3-5,8-9,17H2,2H3,(H,18,20). The molecule has 0 spiro atoms. The maximum absolute atomic E-state index is 12.0. The summed E-state index contributed by atoms with van der Waals surface area (Å²) in [6.07, 6.45) is 2.29. The first-order valence-electron chi connectivity index (χ1n) is 7.01. The van der Waals surface area contributed by atoms with Crippen LogP contribution in [0.15, 0.2) is 24.3 Å². The molecule has 0 aromatic heterocycles. The monoisotopic (exact) mass is 288 g/mol. The molecule has 0 unspecified atom stereocenters. The van der Waals surface area contributed by atoms with E-state index in [1.54, 1.807) is 13.0 Å². The maximum atomic E-state index is 12.0. The van der Waals surface area contributed by atoms with Crippen LogP contribution < -0.4 is 15.8 Å². The second-order valence-corrected chi connectivity index (χ2v) is 5.17. The van der Waals surface area contributed by atoms with Crippen LogP contribution in [0.5, 0.6) is 5.75 Å². The zero-order valence-electron chi connectivity index (χ0n) is 12.2. The summed E-state index contributed by atoms with van der Waals surface area (Å²) in [6.45, 7) is 5.84. The number of nitrogens with one attached hydrogen (secondary N) is 1. The van der Waals surface area contributed by atoms with Crippen molar-refractivity contribution < 1.29 is 14.3 Å². The lowest BCUT2D eigenvalue weighted by Gasteiger charge is -2.19.